The van der Waals surface area contributed by atoms with Crippen LogP contribution in [0, 0.1) is 5.92 Å². The van der Waals surface area contributed by atoms with Crippen LogP contribution in [0.25, 0.3) is 0 Å². The molecule has 1 saturated carbocycles. The Morgan fingerprint density at radius 2 is 2.24 bits per heavy atom. The van der Waals surface area contributed by atoms with Crippen molar-refractivity contribution in [2.24, 2.45) is 5.92 Å². The highest BCUT2D eigenvalue weighted by Crippen LogP contribution is 2.34. The molecule has 1 aromatic carbocycles. The molecule has 0 saturated heterocycles. The van der Waals surface area contributed by atoms with Gasteiger partial charge in [-0.15, -0.1) is 0 Å². The Bertz CT molecular complexity index is 376. The summed E-state index contributed by atoms with van der Waals surface area (Å²) in [5.74, 6) is 1.86. The summed E-state index contributed by atoms with van der Waals surface area (Å²) in [6.45, 7) is 0. The molecule has 1 aliphatic rings. The van der Waals surface area contributed by atoms with Crippen LogP contribution in [0.1, 0.15) is 24.8 Å². The van der Waals surface area contributed by atoms with Crippen molar-refractivity contribution in [3.05, 3.63) is 28.8 Å². The molecule has 1 aromatic rings. The molecule has 0 heterocycles. The van der Waals surface area contributed by atoms with Crippen LogP contribution in [0.15, 0.2) is 18.2 Å². The molecule has 2 nitrogen and oxygen atoms in total. The predicted octanol–water partition coefficient (Wildman–Crippen LogP) is 3.28. The Kier molecular flexibility index (Phi) is 4.30. The molecule has 1 unspecified atom stereocenters. The number of rotatable bonds is 6. The predicted molar refractivity (Wildman–Crippen MR) is 71.9 cm³/mol. The van der Waals surface area contributed by atoms with Gasteiger partial charge >= 0.3 is 0 Å². The third-order valence-electron chi connectivity index (χ3n) is 3.43. The van der Waals surface area contributed by atoms with Gasteiger partial charge < -0.3 is 10.1 Å². The Labute approximate surface area is 108 Å². The van der Waals surface area contributed by atoms with Crippen molar-refractivity contribution in [2.75, 3.05) is 14.2 Å². The van der Waals surface area contributed by atoms with Gasteiger partial charge in [0, 0.05) is 11.1 Å². The van der Waals surface area contributed by atoms with E-state index in [9.17, 15) is 0 Å². The number of methoxy groups -OCH3 is 1. The summed E-state index contributed by atoms with van der Waals surface area (Å²) in [5.41, 5.74) is 1.19. The first-order valence-electron chi connectivity index (χ1n) is 6.22. The summed E-state index contributed by atoms with van der Waals surface area (Å²) in [7, 11) is 3.74. The first-order chi connectivity index (χ1) is 8.22. The smallest absolute Gasteiger partial charge is 0.122 e. The third-order valence-corrected chi connectivity index (χ3v) is 3.67. The lowest BCUT2D eigenvalue weighted by atomic mass is 10.0. The van der Waals surface area contributed by atoms with Gasteiger partial charge in [-0.1, -0.05) is 24.4 Å². The van der Waals surface area contributed by atoms with Gasteiger partial charge in [0.2, 0.25) is 0 Å². The fourth-order valence-corrected chi connectivity index (χ4v) is 2.43. The molecule has 1 atom stereocenters. The van der Waals surface area contributed by atoms with E-state index in [1.807, 2.05) is 25.2 Å². The molecule has 0 aromatic heterocycles. The van der Waals surface area contributed by atoms with Crippen molar-refractivity contribution in [3.63, 3.8) is 0 Å². The lowest BCUT2D eigenvalue weighted by Gasteiger charge is -2.17. The van der Waals surface area contributed by atoms with E-state index in [1.165, 1.54) is 24.8 Å². The number of likely N-dealkylation sites (N-methyl/N-ethyl adjacent to an activating group) is 1. The van der Waals surface area contributed by atoms with Crippen LogP contribution in [0.3, 0.4) is 0 Å². The molecule has 1 fully saturated rings. The van der Waals surface area contributed by atoms with E-state index in [1.54, 1.807) is 7.11 Å². The molecule has 0 aliphatic heterocycles. The minimum Gasteiger partial charge on any atom is -0.496 e. The van der Waals surface area contributed by atoms with E-state index in [4.69, 9.17) is 16.3 Å². The maximum absolute atomic E-state index is 6.04. The molecule has 0 spiro atoms. The minimum atomic E-state index is 0.523. The summed E-state index contributed by atoms with van der Waals surface area (Å²) in [6, 6.07) is 6.35. The molecule has 2 rings (SSSR count). The topological polar surface area (TPSA) is 21.3 Å². The number of benzene rings is 1. The van der Waals surface area contributed by atoms with Gasteiger partial charge in [0.25, 0.3) is 0 Å². The number of halogens is 1. The zero-order valence-electron chi connectivity index (χ0n) is 10.5. The largest absolute Gasteiger partial charge is 0.496 e. The van der Waals surface area contributed by atoms with Crippen LogP contribution in [-0.4, -0.2) is 20.2 Å². The summed E-state index contributed by atoms with van der Waals surface area (Å²) in [6.07, 6.45) is 5.03. The average Bonchev–Trinajstić information content (AvgIpc) is 3.12. The Hall–Kier alpha value is -0.730. The highest BCUT2D eigenvalue weighted by Gasteiger charge is 2.25. The van der Waals surface area contributed by atoms with E-state index in [0.717, 1.165) is 23.1 Å². The summed E-state index contributed by atoms with van der Waals surface area (Å²) in [4.78, 5) is 0. The number of hydrogen-bond donors (Lipinski definition) is 1. The third kappa shape index (κ3) is 3.62. The van der Waals surface area contributed by atoms with Crippen LogP contribution in [0.5, 0.6) is 5.75 Å². The van der Waals surface area contributed by atoms with Crippen molar-refractivity contribution in [3.8, 4) is 5.75 Å². The molecule has 0 bridgehead atoms. The first-order valence-corrected chi connectivity index (χ1v) is 6.60. The Balaban J connectivity index is 2.06. The first kappa shape index (κ1) is 12.7. The molecule has 0 radical (unpaired) electrons. The van der Waals surface area contributed by atoms with Gasteiger partial charge in [-0.3, -0.25) is 0 Å². The fraction of sp³-hybridized carbons (Fsp3) is 0.571. The molecule has 17 heavy (non-hydrogen) atoms. The maximum atomic E-state index is 6.04. The van der Waals surface area contributed by atoms with Crippen LogP contribution in [0.2, 0.25) is 5.02 Å². The lowest BCUT2D eigenvalue weighted by Crippen LogP contribution is -2.28. The molecular formula is C14H20ClNO. The Morgan fingerprint density at radius 3 is 2.82 bits per heavy atom. The Morgan fingerprint density at radius 1 is 1.47 bits per heavy atom. The van der Waals surface area contributed by atoms with Crippen molar-refractivity contribution in [1.29, 1.82) is 0 Å². The summed E-state index contributed by atoms with van der Waals surface area (Å²) >= 11 is 6.04. The van der Waals surface area contributed by atoms with Gasteiger partial charge in [0.15, 0.2) is 0 Å². The van der Waals surface area contributed by atoms with E-state index in [-0.39, 0.29) is 0 Å². The zero-order valence-corrected chi connectivity index (χ0v) is 11.3. The second kappa shape index (κ2) is 5.74. The van der Waals surface area contributed by atoms with E-state index < -0.39 is 0 Å². The molecule has 3 heteroatoms. The van der Waals surface area contributed by atoms with Crippen molar-refractivity contribution in [1.82, 2.24) is 5.32 Å². The van der Waals surface area contributed by atoms with Gasteiger partial charge in [-0.2, -0.15) is 0 Å². The van der Waals surface area contributed by atoms with E-state index in [2.05, 4.69) is 5.32 Å². The number of ether oxygens (including phenoxy) is 1. The normalized spacial score (nSPS) is 16.9. The second-order valence-corrected chi connectivity index (χ2v) is 5.26. The van der Waals surface area contributed by atoms with Crippen LogP contribution >= 0.6 is 11.6 Å². The van der Waals surface area contributed by atoms with Gasteiger partial charge in [-0.05, 0) is 49.6 Å². The van der Waals surface area contributed by atoms with Crippen LogP contribution in [-0.2, 0) is 6.42 Å². The lowest BCUT2D eigenvalue weighted by molar-refractivity contribution is 0.403. The van der Waals surface area contributed by atoms with Crippen molar-refractivity contribution in [2.45, 2.75) is 31.7 Å². The number of hydrogen-bond acceptors (Lipinski definition) is 2. The molecule has 94 valence electrons. The minimum absolute atomic E-state index is 0.523. The number of nitrogens with one attached hydrogen (secondary N) is 1. The molecule has 1 N–H and O–H groups in total. The van der Waals surface area contributed by atoms with Crippen molar-refractivity contribution >= 4 is 11.6 Å². The van der Waals surface area contributed by atoms with E-state index in [0.29, 0.717) is 6.04 Å². The maximum Gasteiger partial charge on any atom is 0.122 e. The molecular weight excluding hydrogens is 234 g/mol. The second-order valence-electron chi connectivity index (χ2n) is 4.82. The monoisotopic (exact) mass is 253 g/mol. The van der Waals surface area contributed by atoms with Crippen molar-refractivity contribution < 1.29 is 4.74 Å². The highest BCUT2D eigenvalue weighted by molar-refractivity contribution is 6.30. The zero-order chi connectivity index (χ0) is 12.3. The molecule has 0 amide bonds. The summed E-state index contributed by atoms with van der Waals surface area (Å²) < 4.78 is 5.38. The van der Waals surface area contributed by atoms with Gasteiger partial charge in [0.1, 0.15) is 5.75 Å². The fourth-order valence-electron chi connectivity index (χ4n) is 2.23. The van der Waals surface area contributed by atoms with Gasteiger partial charge in [-0.25, -0.2) is 0 Å². The SMILES string of the molecule is CNC(Cc1cc(Cl)ccc1OC)CC1CC1. The van der Waals surface area contributed by atoms with Crippen LogP contribution in [0.4, 0.5) is 0 Å². The summed E-state index contributed by atoms with van der Waals surface area (Å²) in [5, 5.41) is 4.17. The average molecular weight is 254 g/mol. The van der Waals surface area contributed by atoms with Gasteiger partial charge in [0.05, 0.1) is 7.11 Å². The van der Waals surface area contributed by atoms with E-state index >= 15 is 0 Å². The molecule has 1 aliphatic carbocycles. The quantitative estimate of drug-likeness (QED) is 0.840. The standard InChI is InChI=1S/C14H20ClNO/c1-16-13(7-10-3-4-10)9-11-8-12(15)5-6-14(11)17-2/h5-6,8,10,13,16H,3-4,7,9H2,1-2H3. The van der Waals surface area contributed by atoms with Crippen LogP contribution < -0.4 is 10.1 Å². The highest BCUT2D eigenvalue weighted by atomic mass is 35.5.